The Balaban J connectivity index is 1.81. The highest BCUT2D eigenvalue weighted by Gasteiger charge is 2.48. The summed E-state index contributed by atoms with van der Waals surface area (Å²) in [4.78, 5) is 66.9. The van der Waals surface area contributed by atoms with Gasteiger partial charge in [-0.05, 0) is 48.9 Å². The largest absolute Gasteiger partial charge is 0.394 e. The number of nitrogens with zero attached hydrogens (tertiary/aromatic N) is 1. The monoisotopic (exact) mass is 577 g/mol. The molecule has 1 saturated heterocycles. The third-order valence-electron chi connectivity index (χ3n) is 9.12. The van der Waals surface area contributed by atoms with E-state index in [0.29, 0.717) is 32.2 Å². The number of primary amides is 1. The highest BCUT2D eigenvalue weighted by atomic mass is 16.3. The molecule has 0 aromatic heterocycles. The Kier molecular flexibility index (Phi) is 10.8. The molecule has 1 unspecified atom stereocenters. The molecule has 2 saturated carbocycles. The molecule has 232 valence electrons. The summed E-state index contributed by atoms with van der Waals surface area (Å²) >= 11 is 0. The number of likely N-dealkylation sites (tertiary alicyclic amines) is 1. The van der Waals surface area contributed by atoms with Crippen LogP contribution in [0.4, 0.5) is 4.79 Å². The Hall–Kier alpha value is -2.69. The number of Topliss-reactive ketones (excluding diaryl/α,β-unsaturated/α-hetero) is 1. The van der Waals surface area contributed by atoms with Gasteiger partial charge in [0.05, 0.1) is 18.2 Å². The fraction of sp³-hybridized carbons (Fsp3) is 0.833. The third kappa shape index (κ3) is 8.42. The van der Waals surface area contributed by atoms with Gasteiger partial charge < -0.3 is 31.7 Å². The lowest BCUT2D eigenvalue weighted by Gasteiger charge is -2.38. The van der Waals surface area contributed by atoms with Crippen LogP contribution in [-0.2, 0) is 19.2 Å². The Morgan fingerprint density at radius 3 is 2.07 bits per heavy atom. The molecule has 2 aliphatic carbocycles. The standard InChI is InChI=1S/C30H51N5O6/c1-18(2)20-12-15-35(22(20)26(39)32-21(16-19-10-11-19)23(37)25(31)38)27(40)24(29(3,4)5)33-28(41)34-30(17-36)13-8-6-7-9-14-30/h18-22,24,36H,6-17H2,1-5H3,(H2,31,38)(H,32,39)(H2,33,34,41)/t20-,21?,22+,24-/m1/s1. The summed E-state index contributed by atoms with van der Waals surface area (Å²) in [7, 11) is 0. The van der Waals surface area contributed by atoms with Gasteiger partial charge in [-0.3, -0.25) is 19.2 Å². The van der Waals surface area contributed by atoms with Gasteiger partial charge >= 0.3 is 6.03 Å². The summed E-state index contributed by atoms with van der Waals surface area (Å²) < 4.78 is 0. The first-order valence-electron chi connectivity index (χ1n) is 15.3. The average Bonchev–Trinajstić information content (AvgIpc) is 3.65. The smallest absolute Gasteiger partial charge is 0.315 e. The van der Waals surface area contributed by atoms with Crippen molar-refractivity contribution in [2.75, 3.05) is 13.2 Å². The summed E-state index contributed by atoms with van der Waals surface area (Å²) in [5.41, 5.74) is 3.87. The van der Waals surface area contributed by atoms with E-state index < -0.39 is 52.7 Å². The number of hydrogen-bond donors (Lipinski definition) is 5. The van der Waals surface area contributed by atoms with Crippen molar-refractivity contribution >= 4 is 29.5 Å². The van der Waals surface area contributed by atoms with Crippen LogP contribution in [0.5, 0.6) is 0 Å². The predicted molar refractivity (Wildman–Crippen MR) is 154 cm³/mol. The lowest BCUT2D eigenvalue weighted by molar-refractivity contribution is -0.144. The summed E-state index contributed by atoms with van der Waals surface area (Å²) in [6.07, 6.45) is 8.05. The number of carbonyl (C=O) groups is 5. The first-order valence-corrected chi connectivity index (χ1v) is 15.3. The molecule has 0 radical (unpaired) electrons. The van der Waals surface area contributed by atoms with E-state index in [9.17, 15) is 29.1 Å². The van der Waals surface area contributed by atoms with Crippen molar-refractivity contribution in [3.63, 3.8) is 0 Å². The lowest BCUT2D eigenvalue weighted by Crippen LogP contribution is -2.63. The molecule has 3 rings (SSSR count). The number of aliphatic hydroxyl groups is 1. The summed E-state index contributed by atoms with van der Waals surface area (Å²) in [6, 6.07) is -3.34. The maximum absolute atomic E-state index is 14.1. The molecule has 0 spiro atoms. The van der Waals surface area contributed by atoms with Gasteiger partial charge in [-0.25, -0.2) is 4.79 Å². The van der Waals surface area contributed by atoms with Crippen molar-refractivity contribution < 1.29 is 29.1 Å². The van der Waals surface area contributed by atoms with Gasteiger partial charge in [0.1, 0.15) is 12.1 Å². The molecule has 11 nitrogen and oxygen atoms in total. The second-order valence-corrected chi connectivity index (χ2v) is 13.9. The zero-order valence-electron chi connectivity index (χ0n) is 25.5. The van der Waals surface area contributed by atoms with E-state index in [0.717, 1.165) is 38.5 Å². The molecule has 1 aliphatic heterocycles. The van der Waals surface area contributed by atoms with Gasteiger partial charge in [-0.15, -0.1) is 0 Å². The fourth-order valence-electron chi connectivity index (χ4n) is 6.40. The van der Waals surface area contributed by atoms with Gasteiger partial charge in [0.15, 0.2) is 0 Å². The summed E-state index contributed by atoms with van der Waals surface area (Å²) in [5, 5.41) is 18.8. The number of nitrogens with two attached hydrogens (primary N) is 1. The number of ketones is 1. The van der Waals surface area contributed by atoms with E-state index in [4.69, 9.17) is 5.73 Å². The Morgan fingerprint density at radius 2 is 1.59 bits per heavy atom. The topological polar surface area (TPSA) is 171 Å². The fourth-order valence-corrected chi connectivity index (χ4v) is 6.40. The van der Waals surface area contributed by atoms with Crippen molar-refractivity contribution in [3.8, 4) is 0 Å². The van der Waals surface area contributed by atoms with Gasteiger partial charge in [0.25, 0.3) is 5.91 Å². The van der Waals surface area contributed by atoms with E-state index in [1.807, 2.05) is 34.6 Å². The second kappa shape index (κ2) is 13.5. The van der Waals surface area contributed by atoms with Crippen LogP contribution in [-0.4, -0.2) is 76.4 Å². The molecule has 41 heavy (non-hydrogen) atoms. The van der Waals surface area contributed by atoms with Crippen molar-refractivity contribution in [1.29, 1.82) is 0 Å². The lowest BCUT2D eigenvalue weighted by atomic mass is 9.84. The SMILES string of the molecule is CC(C)[C@H]1CCN(C(=O)[C@@H](NC(=O)NC2(CO)CCCCCC2)C(C)(C)C)[C@@H]1C(=O)NC(CC1CC1)C(=O)C(N)=O. The van der Waals surface area contributed by atoms with Gasteiger partial charge in [0, 0.05) is 6.54 Å². The number of aliphatic hydroxyl groups excluding tert-OH is 1. The highest BCUT2D eigenvalue weighted by Crippen LogP contribution is 2.36. The second-order valence-electron chi connectivity index (χ2n) is 13.9. The molecule has 0 bridgehead atoms. The van der Waals surface area contributed by atoms with Crippen molar-refractivity contribution in [3.05, 3.63) is 0 Å². The first kappa shape index (κ1) is 32.8. The average molecular weight is 578 g/mol. The minimum Gasteiger partial charge on any atom is -0.394 e. The van der Waals surface area contributed by atoms with Crippen LogP contribution in [0.25, 0.3) is 0 Å². The third-order valence-corrected chi connectivity index (χ3v) is 9.12. The Labute approximate surface area is 244 Å². The molecule has 1 heterocycles. The zero-order valence-corrected chi connectivity index (χ0v) is 25.5. The van der Waals surface area contributed by atoms with Crippen molar-refractivity contribution in [2.24, 2.45) is 28.9 Å². The summed E-state index contributed by atoms with van der Waals surface area (Å²) in [6.45, 7) is 9.69. The van der Waals surface area contributed by atoms with E-state index in [2.05, 4.69) is 16.0 Å². The quantitative estimate of drug-likeness (QED) is 0.186. The van der Waals surface area contributed by atoms with E-state index in [1.54, 1.807) is 0 Å². The number of amides is 5. The van der Waals surface area contributed by atoms with Crippen LogP contribution < -0.4 is 21.7 Å². The number of hydrogen-bond acceptors (Lipinski definition) is 6. The van der Waals surface area contributed by atoms with Gasteiger partial charge in [0.2, 0.25) is 17.6 Å². The summed E-state index contributed by atoms with van der Waals surface area (Å²) in [5.74, 6) is -2.62. The van der Waals surface area contributed by atoms with E-state index in [-0.39, 0.29) is 30.3 Å². The molecule has 5 amide bonds. The van der Waals surface area contributed by atoms with Crippen molar-refractivity contribution in [1.82, 2.24) is 20.9 Å². The predicted octanol–water partition coefficient (Wildman–Crippen LogP) is 2.00. The minimum atomic E-state index is -1.09. The highest BCUT2D eigenvalue weighted by molar-refractivity contribution is 6.37. The maximum atomic E-state index is 14.1. The molecule has 4 atom stereocenters. The van der Waals surface area contributed by atoms with Gasteiger partial charge in [-0.1, -0.05) is 73.1 Å². The van der Waals surface area contributed by atoms with E-state index >= 15 is 0 Å². The molecule has 11 heteroatoms. The van der Waals surface area contributed by atoms with Gasteiger partial charge in [-0.2, -0.15) is 0 Å². The van der Waals surface area contributed by atoms with Crippen LogP contribution in [0.1, 0.15) is 98.8 Å². The maximum Gasteiger partial charge on any atom is 0.315 e. The first-order chi connectivity index (χ1) is 19.2. The number of nitrogens with one attached hydrogen (secondary N) is 3. The van der Waals surface area contributed by atoms with Crippen LogP contribution >= 0.6 is 0 Å². The number of urea groups is 1. The Bertz CT molecular complexity index is 980. The molecule has 0 aromatic carbocycles. The van der Waals surface area contributed by atoms with Crippen LogP contribution in [0.3, 0.4) is 0 Å². The minimum absolute atomic E-state index is 0.0706. The zero-order chi connectivity index (χ0) is 30.5. The normalized spacial score (nSPS) is 24.2. The molecular weight excluding hydrogens is 526 g/mol. The number of carbonyl (C=O) groups excluding carboxylic acids is 5. The Morgan fingerprint density at radius 1 is 0.976 bits per heavy atom. The van der Waals surface area contributed by atoms with Crippen LogP contribution in [0.15, 0.2) is 0 Å². The molecule has 3 fully saturated rings. The molecule has 3 aliphatic rings. The van der Waals surface area contributed by atoms with Crippen LogP contribution in [0.2, 0.25) is 0 Å². The van der Waals surface area contributed by atoms with Crippen LogP contribution in [0, 0.1) is 23.2 Å². The molecule has 6 N–H and O–H groups in total. The molecule has 0 aromatic rings. The van der Waals surface area contributed by atoms with Crippen molar-refractivity contribution in [2.45, 2.75) is 122 Å². The molecular formula is C30H51N5O6. The number of rotatable bonds is 11. The van der Waals surface area contributed by atoms with E-state index in [1.165, 1.54) is 4.90 Å².